The van der Waals surface area contributed by atoms with Crippen LogP contribution in [0.15, 0.2) is 71.1 Å². The third-order valence-electron chi connectivity index (χ3n) is 5.18. The maximum atomic E-state index is 14.4. The van der Waals surface area contributed by atoms with E-state index in [1.165, 1.54) is 0 Å². The molecule has 1 aromatic heterocycles. The quantitative estimate of drug-likeness (QED) is 0.525. The number of ether oxygens (including phenoxy) is 1. The minimum atomic E-state index is -0.933. The first-order chi connectivity index (χ1) is 13.7. The van der Waals surface area contributed by atoms with Crippen LogP contribution in [0.25, 0.3) is 0 Å². The zero-order valence-corrected chi connectivity index (χ0v) is 18.9. The van der Waals surface area contributed by atoms with Crippen LogP contribution in [0.5, 0.6) is 0 Å². The monoisotopic (exact) mass is 469 g/mol. The Hall–Kier alpha value is -1.53. The molecule has 0 amide bonds. The van der Waals surface area contributed by atoms with E-state index in [4.69, 9.17) is 9.15 Å². The summed E-state index contributed by atoms with van der Waals surface area (Å²) in [5, 5.41) is 10.5. The Bertz CT molecular complexity index is 858. The second-order valence-electron chi connectivity index (χ2n) is 7.00. The minimum absolute atomic E-state index is 0. The van der Waals surface area contributed by atoms with E-state index in [0.29, 0.717) is 25.3 Å². The molecule has 3 aromatic rings. The van der Waals surface area contributed by atoms with E-state index in [9.17, 15) is 9.50 Å². The van der Waals surface area contributed by atoms with Crippen molar-refractivity contribution in [2.24, 2.45) is 0 Å². The van der Waals surface area contributed by atoms with Gasteiger partial charge in [-0.05, 0) is 41.7 Å². The molecule has 3 atom stereocenters. The van der Waals surface area contributed by atoms with Crippen LogP contribution in [-0.4, -0.2) is 30.5 Å². The standard InChI is InChI=1S/C23H23FNO3.Y/c24-21-12-13-25(22(21)16-27-15-20-7-4-14-28-20)19-10-8-18(9-11-19)23(26)17-5-2-1-3-6-17;/h1-11,21-23,26H,12-13,15-16H2;/q-1;. The Labute approximate surface area is 195 Å². The number of aliphatic hydroxyl groups excluding tert-OH is 1. The van der Waals surface area contributed by atoms with E-state index in [1.54, 1.807) is 12.1 Å². The van der Waals surface area contributed by atoms with Gasteiger partial charge in [-0.2, -0.15) is 6.07 Å². The molecule has 29 heavy (non-hydrogen) atoms. The van der Waals surface area contributed by atoms with Gasteiger partial charge >= 0.3 is 0 Å². The van der Waals surface area contributed by atoms with Crippen molar-refractivity contribution < 1.29 is 51.4 Å². The number of hydrogen-bond donors (Lipinski definition) is 1. The summed E-state index contributed by atoms with van der Waals surface area (Å²) in [4.78, 5) is 2.04. The molecule has 3 unspecified atom stereocenters. The van der Waals surface area contributed by atoms with Gasteiger partial charge in [0.25, 0.3) is 0 Å². The molecular formula is C23H23FNO3Y-. The zero-order chi connectivity index (χ0) is 19.3. The van der Waals surface area contributed by atoms with Crippen LogP contribution in [0.3, 0.4) is 0 Å². The Morgan fingerprint density at radius 3 is 2.52 bits per heavy atom. The summed E-state index contributed by atoms with van der Waals surface area (Å²) in [6.07, 6.45) is 1.49. The maximum Gasteiger partial charge on any atom is 0.124 e. The third-order valence-corrected chi connectivity index (χ3v) is 5.18. The van der Waals surface area contributed by atoms with E-state index in [0.717, 1.165) is 16.8 Å². The second-order valence-corrected chi connectivity index (χ2v) is 7.00. The number of aliphatic hydroxyl groups is 1. The molecule has 2 aromatic carbocycles. The van der Waals surface area contributed by atoms with Gasteiger partial charge in [0.05, 0.1) is 12.6 Å². The van der Waals surface area contributed by atoms with Crippen LogP contribution in [-0.2, 0) is 44.1 Å². The molecule has 2 heterocycles. The van der Waals surface area contributed by atoms with Crippen molar-refractivity contribution in [2.75, 3.05) is 18.1 Å². The van der Waals surface area contributed by atoms with Crippen LogP contribution >= 0.6 is 0 Å². The summed E-state index contributed by atoms with van der Waals surface area (Å²) < 4.78 is 25.2. The van der Waals surface area contributed by atoms with Crippen LogP contribution in [0.2, 0.25) is 0 Å². The molecule has 1 radical (unpaired) electrons. The molecule has 4 rings (SSSR count). The molecule has 0 spiro atoms. The summed E-state index contributed by atoms with van der Waals surface area (Å²) in [7, 11) is 0. The number of alkyl halides is 1. The molecule has 1 fully saturated rings. The zero-order valence-electron chi connectivity index (χ0n) is 16.1. The number of halogens is 1. The molecule has 1 N–H and O–H groups in total. The smallest absolute Gasteiger partial charge is 0.124 e. The molecule has 0 aliphatic carbocycles. The average Bonchev–Trinajstić information content (AvgIpc) is 3.39. The van der Waals surface area contributed by atoms with Gasteiger partial charge in [-0.15, -0.1) is 6.07 Å². The van der Waals surface area contributed by atoms with E-state index in [-0.39, 0.29) is 45.4 Å². The van der Waals surface area contributed by atoms with Gasteiger partial charge in [0.2, 0.25) is 0 Å². The number of rotatable bonds is 7. The fraction of sp³-hybridized carbons (Fsp3) is 0.304. The Kier molecular flexibility index (Phi) is 8.02. The molecule has 1 aliphatic heterocycles. The molecule has 1 aliphatic rings. The number of nitrogens with zero attached hydrogens (tertiary/aromatic N) is 1. The number of furan rings is 1. The van der Waals surface area contributed by atoms with Gasteiger partial charge < -0.3 is 19.2 Å². The van der Waals surface area contributed by atoms with Crippen molar-refractivity contribution in [3.05, 3.63) is 89.9 Å². The normalized spacial score (nSPS) is 19.7. The summed E-state index contributed by atoms with van der Waals surface area (Å²) >= 11 is 0. The van der Waals surface area contributed by atoms with Gasteiger partial charge in [-0.1, -0.05) is 42.5 Å². The summed E-state index contributed by atoms with van der Waals surface area (Å²) in [5.74, 6) is 0.680. The van der Waals surface area contributed by atoms with Crippen molar-refractivity contribution >= 4 is 5.69 Å². The minimum Gasteiger partial charge on any atom is -0.593 e. The molecule has 149 valence electrons. The summed E-state index contributed by atoms with van der Waals surface area (Å²) in [5.41, 5.74) is 2.60. The van der Waals surface area contributed by atoms with E-state index >= 15 is 0 Å². The first kappa shape index (κ1) is 22.2. The van der Waals surface area contributed by atoms with Crippen LogP contribution in [0.1, 0.15) is 29.4 Å². The molecule has 4 nitrogen and oxygen atoms in total. The number of benzene rings is 2. The predicted molar refractivity (Wildman–Crippen MR) is 105 cm³/mol. The van der Waals surface area contributed by atoms with Crippen molar-refractivity contribution in [3.8, 4) is 0 Å². The predicted octanol–water partition coefficient (Wildman–Crippen LogP) is 4.29. The van der Waals surface area contributed by atoms with Gasteiger partial charge in [0, 0.05) is 51.5 Å². The fourth-order valence-electron chi connectivity index (χ4n) is 3.64. The van der Waals surface area contributed by atoms with Gasteiger partial charge in [0.1, 0.15) is 12.3 Å². The number of hydrogen-bond acceptors (Lipinski definition) is 4. The third kappa shape index (κ3) is 5.34. The van der Waals surface area contributed by atoms with Crippen molar-refractivity contribution in [1.29, 1.82) is 0 Å². The molecular weight excluding hydrogens is 446 g/mol. The number of anilines is 1. The van der Waals surface area contributed by atoms with Gasteiger partial charge in [0.15, 0.2) is 0 Å². The molecule has 0 bridgehead atoms. The summed E-state index contributed by atoms with van der Waals surface area (Å²) in [6.45, 7) is 1.24. The first-order valence-corrected chi connectivity index (χ1v) is 9.48. The fourth-order valence-corrected chi connectivity index (χ4v) is 3.64. The SMILES string of the molecule is OC(c1ccccc1)c1ccc(N2CCC(F)C2COCc2cc[c-]o2)cc1.[Y]. The van der Waals surface area contributed by atoms with E-state index < -0.39 is 12.3 Å². The molecule has 0 saturated carbocycles. The molecule has 6 heteroatoms. The van der Waals surface area contributed by atoms with Crippen molar-refractivity contribution in [1.82, 2.24) is 0 Å². The topological polar surface area (TPSA) is 45.8 Å². The van der Waals surface area contributed by atoms with Crippen LogP contribution in [0, 0.1) is 6.26 Å². The van der Waals surface area contributed by atoms with E-state index in [2.05, 4.69) is 6.26 Å². The Morgan fingerprint density at radius 2 is 1.83 bits per heavy atom. The Balaban J connectivity index is 0.00000240. The van der Waals surface area contributed by atoms with Crippen molar-refractivity contribution in [3.63, 3.8) is 0 Å². The largest absolute Gasteiger partial charge is 0.593 e. The van der Waals surface area contributed by atoms with Gasteiger partial charge in [-0.25, -0.2) is 4.39 Å². The maximum absolute atomic E-state index is 14.4. The average molecular weight is 469 g/mol. The first-order valence-electron chi connectivity index (χ1n) is 9.48. The van der Waals surface area contributed by atoms with Crippen molar-refractivity contribution in [2.45, 2.75) is 31.3 Å². The second kappa shape index (κ2) is 10.5. The Morgan fingerprint density at radius 1 is 1.10 bits per heavy atom. The van der Waals surface area contributed by atoms with Gasteiger partial charge in [-0.3, -0.25) is 0 Å². The summed E-state index contributed by atoms with van der Waals surface area (Å²) in [6, 6.07) is 20.4. The van der Waals surface area contributed by atoms with Crippen LogP contribution < -0.4 is 4.90 Å². The molecule has 1 saturated heterocycles. The van der Waals surface area contributed by atoms with Crippen LogP contribution in [0.4, 0.5) is 10.1 Å². The van der Waals surface area contributed by atoms with E-state index in [1.807, 2.05) is 59.5 Å².